The lowest BCUT2D eigenvalue weighted by Gasteiger charge is -2.19. The molecule has 0 radical (unpaired) electrons. The van der Waals surface area contributed by atoms with Crippen LogP contribution in [0.2, 0.25) is 0 Å². The standard InChI is InChI=1S/C20H23N5O4S/c1-21-30(28,29)17-10-11-19(20(14-17)25(26)27)24(2)12-6-9-16-13-18(23-22-16)15-7-4-3-5-8-15/h3-5,7-8,10-11,13-14,21H,6,9,12H2,1-2H3,(H,22,23). The number of benzene rings is 2. The topological polar surface area (TPSA) is 121 Å². The molecule has 0 amide bonds. The second kappa shape index (κ2) is 9.06. The summed E-state index contributed by atoms with van der Waals surface area (Å²) >= 11 is 0. The summed E-state index contributed by atoms with van der Waals surface area (Å²) in [5.41, 5.74) is 3.00. The number of rotatable bonds is 9. The van der Waals surface area contributed by atoms with Crippen molar-refractivity contribution in [2.24, 2.45) is 0 Å². The summed E-state index contributed by atoms with van der Waals surface area (Å²) in [7, 11) is -0.744. The first-order chi connectivity index (χ1) is 14.3. The summed E-state index contributed by atoms with van der Waals surface area (Å²) in [6, 6.07) is 15.8. The van der Waals surface area contributed by atoms with Gasteiger partial charge in [-0.05, 0) is 38.1 Å². The normalized spacial score (nSPS) is 11.4. The zero-order chi connectivity index (χ0) is 21.7. The largest absolute Gasteiger partial charge is 0.369 e. The van der Waals surface area contributed by atoms with Crippen LogP contribution in [0.1, 0.15) is 12.1 Å². The molecule has 1 aromatic heterocycles. The quantitative estimate of drug-likeness (QED) is 0.398. The molecule has 10 heteroatoms. The number of H-pyrrole nitrogens is 1. The summed E-state index contributed by atoms with van der Waals surface area (Å²) in [6.07, 6.45) is 1.46. The highest BCUT2D eigenvalue weighted by molar-refractivity contribution is 7.89. The zero-order valence-electron chi connectivity index (χ0n) is 16.7. The summed E-state index contributed by atoms with van der Waals surface area (Å²) in [6.45, 7) is 0.554. The highest BCUT2D eigenvalue weighted by Crippen LogP contribution is 2.30. The van der Waals surface area contributed by atoms with Crippen molar-refractivity contribution < 1.29 is 13.3 Å². The molecular formula is C20H23N5O4S. The molecule has 3 aromatic rings. The Morgan fingerprint density at radius 1 is 1.17 bits per heavy atom. The molecule has 0 saturated carbocycles. The van der Waals surface area contributed by atoms with E-state index in [1.807, 2.05) is 36.4 Å². The number of hydrogen-bond acceptors (Lipinski definition) is 6. The summed E-state index contributed by atoms with van der Waals surface area (Å²) in [5.74, 6) is 0. The van der Waals surface area contributed by atoms with Crippen LogP contribution < -0.4 is 9.62 Å². The number of aryl methyl sites for hydroxylation is 1. The maximum absolute atomic E-state index is 11.9. The fourth-order valence-corrected chi connectivity index (χ4v) is 3.88. The first-order valence-electron chi connectivity index (χ1n) is 9.34. The number of hydrogen-bond donors (Lipinski definition) is 2. The lowest BCUT2D eigenvalue weighted by molar-refractivity contribution is -0.384. The summed E-state index contributed by atoms with van der Waals surface area (Å²) in [4.78, 5) is 12.5. The molecule has 0 aliphatic carbocycles. The van der Waals surface area contributed by atoms with E-state index in [1.165, 1.54) is 19.2 Å². The lowest BCUT2D eigenvalue weighted by atomic mass is 10.1. The number of nitro groups is 1. The molecule has 0 aliphatic rings. The monoisotopic (exact) mass is 429 g/mol. The number of aromatic amines is 1. The van der Waals surface area contributed by atoms with Crippen molar-refractivity contribution in [3.05, 3.63) is 70.4 Å². The van der Waals surface area contributed by atoms with Gasteiger partial charge in [0.1, 0.15) is 5.69 Å². The molecule has 0 atom stereocenters. The average molecular weight is 430 g/mol. The molecule has 2 N–H and O–H groups in total. The predicted molar refractivity (Wildman–Crippen MR) is 115 cm³/mol. The molecule has 30 heavy (non-hydrogen) atoms. The minimum Gasteiger partial charge on any atom is -0.369 e. The second-order valence-electron chi connectivity index (χ2n) is 6.78. The Labute approximate surface area is 174 Å². The van der Waals surface area contributed by atoms with E-state index in [4.69, 9.17) is 0 Å². The number of nitro benzene ring substituents is 1. The van der Waals surface area contributed by atoms with Crippen molar-refractivity contribution in [2.75, 3.05) is 25.5 Å². The van der Waals surface area contributed by atoms with Crippen LogP contribution in [-0.4, -0.2) is 44.2 Å². The summed E-state index contributed by atoms with van der Waals surface area (Å²) < 4.78 is 26.0. The number of aromatic nitrogens is 2. The van der Waals surface area contributed by atoms with Crippen LogP contribution in [-0.2, 0) is 16.4 Å². The van der Waals surface area contributed by atoms with E-state index in [0.717, 1.165) is 35.9 Å². The third kappa shape index (κ3) is 4.84. The molecular weight excluding hydrogens is 406 g/mol. The van der Waals surface area contributed by atoms with Gasteiger partial charge in [0, 0.05) is 30.9 Å². The Balaban J connectivity index is 1.67. The van der Waals surface area contributed by atoms with Gasteiger partial charge in [-0.2, -0.15) is 5.10 Å². The van der Waals surface area contributed by atoms with Gasteiger partial charge in [-0.1, -0.05) is 30.3 Å². The maximum Gasteiger partial charge on any atom is 0.293 e. The van der Waals surface area contributed by atoms with E-state index in [2.05, 4.69) is 14.9 Å². The highest BCUT2D eigenvalue weighted by Gasteiger charge is 2.22. The van der Waals surface area contributed by atoms with E-state index in [0.29, 0.717) is 12.2 Å². The van der Waals surface area contributed by atoms with Gasteiger partial charge in [0.15, 0.2) is 0 Å². The van der Waals surface area contributed by atoms with Crippen LogP contribution in [0.25, 0.3) is 11.3 Å². The lowest BCUT2D eigenvalue weighted by Crippen LogP contribution is -2.22. The fraction of sp³-hybridized carbons (Fsp3) is 0.250. The molecule has 0 bridgehead atoms. The Kier molecular flexibility index (Phi) is 6.48. The van der Waals surface area contributed by atoms with Crippen molar-refractivity contribution in [3.63, 3.8) is 0 Å². The van der Waals surface area contributed by atoms with E-state index in [1.54, 1.807) is 11.9 Å². The van der Waals surface area contributed by atoms with Gasteiger partial charge in [-0.25, -0.2) is 13.1 Å². The van der Waals surface area contributed by atoms with E-state index in [-0.39, 0.29) is 10.6 Å². The molecule has 0 spiro atoms. The van der Waals surface area contributed by atoms with Gasteiger partial charge in [0.05, 0.1) is 15.5 Å². The van der Waals surface area contributed by atoms with Crippen LogP contribution in [0.4, 0.5) is 11.4 Å². The van der Waals surface area contributed by atoms with Crippen LogP contribution in [0.5, 0.6) is 0 Å². The average Bonchev–Trinajstić information content (AvgIpc) is 3.22. The number of nitrogens with zero attached hydrogens (tertiary/aromatic N) is 3. The van der Waals surface area contributed by atoms with Gasteiger partial charge < -0.3 is 4.90 Å². The zero-order valence-corrected chi connectivity index (χ0v) is 17.5. The van der Waals surface area contributed by atoms with Crippen LogP contribution in [0, 0.1) is 10.1 Å². The van der Waals surface area contributed by atoms with Crippen LogP contribution >= 0.6 is 0 Å². The molecule has 3 rings (SSSR count). The van der Waals surface area contributed by atoms with E-state index < -0.39 is 14.9 Å². The smallest absolute Gasteiger partial charge is 0.293 e. The van der Waals surface area contributed by atoms with Gasteiger partial charge in [-0.3, -0.25) is 15.2 Å². The minimum atomic E-state index is -3.75. The Hall–Kier alpha value is -3.24. The first kappa shape index (κ1) is 21.5. The van der Waals surface area contributed by atoms with Crippen LogP contribution in [0.15, 0.2) is 59.5 Å². The van der Waals surface area contributed by atoms with Gasteiger partial charge in [0.2, 0.25) is 10.0 Å². The van der Waals surface area contributed by atoms with Crippen molar-refractivity contribution in [1.29, 1.82) is 0 Å². The van der Waals surface area contributed by atoms with Crippen molar-refractivity contribution >= 4 is 21.4 Å². The van der Waals surface area contributed by atoms with Gasteiger partial charge in [-0.15, -0.1) is 0 Å². The highest BCUT2D eigenvalue weighted by atomic mass is 32.2. The van der Waals surface area contributed by atoms with Gasteiger partial charge in [0.25, 0.3) is 5.69 Å². The molecule has 0 unspecified atom stereocenters. The number of sulfonamides is 1. The molecule has 0 fully saturated rings. The van der Waals surface area contributed by atoms with E-state index in [9.17, 15) is 18.5 Å². The third-order valence-electron chi connectivity index (χ3n) is 4.77. The minimum absolute atomic E-state index is 0.139. The first-order valence-corrected chi connectivity index (χ1v) is 10.8. The molecule has 9 nitrogen and oxygen atoms in total. The van der Waals surface area contributed by atoms with Crippen molar-refractivity contribution in [1.82, 2.24) is 14.9 Å². The van der Waals surface area contributed by atoms with E-state index >= 15 is 0 Å². The predicted octanol–water partition coefficient (Wildman–Crippen LogP) is 2.96. The number of anilines is 1. The Morgan fingerprint density at radius 3 is 2.57 bits per heavy atom. The molecule has 2 aromatic carbocycles. The van der Waals surface area contributed by atoms with Gasteiger partial charge >= 0.3 is 0 Å². The van der Waals surface area contributed by atoms with Crippen LogP contribution in [0.3, 0.4) is 0 Å². The van der Waals surface area contributed by atoms with Crippen molar-refractivity contribution in [3.8, 4) is 11.3 Å². The molecule has 1 heterocycles. The Morgan fingerprint density at radius 2 is 1.90 bits per heavy atom. The Bertz CT molecular complexity index is 1130. The summed E-state index contributed by atoms with van der Waals surface area (Å²) in [5, 5.41) is 18.8. The SMILES string of the molecule is CNS(=O)(=O)c1ccc(N(C)CCCc2cc(-c3ccccc3)n[nH]2)c([N+](=O)[O-])c1. The molecule has 158 valence electrons. The third-order valence-corrected chi connectivity index (χ3v) is 6.19. The number of nitrogens with one attached hydrogen (secondary N) is 2. The second-order valence-corrected chi connectivity index (χ2v) is 8.67. The maximum atomic E-state index is 11.9. The fourth-order valence-electron chi connectivity index (χ4n) is 3.13. The molecule has 0 aliphatic heterocycles. The molecule has 0 saturated heterocycles. The van der Waals surface area contributed by atoms with Crippen molar-refractivity contribution in [2.45, 2.75) is 17.7 Å².